The third kappa shape index (κ3) is 4.25. The molecule has 3 aromatic rings. The third-order valence-corrected chi connectivity index (χ3v) is 5.27. The Labute approximate surface area is 175 Å². The Bertz CT molecular complexity index is 1040. The SMILES string of the molecule is CCOC(=O)c1ccc(N2CCN(C(=O)Cc3cccc4cccnc34)CC2)nc1. The van der Waals surface area contributed by atoms with Crippen LogP contribution in [0.25, 0.3) is 10.9 Å². The molecule has 0 aliphatic carbocycles. The first-order valence-corrected chi connectivity index (χ1v) is 10.1. The number of piperazine rings is 1. The van der Waals surface area contributed by atoms with Crippen LogP contribution in [-0.2, 0) is 16.0 Å². The highest BCUT2D eigenvalue weighted by molar-refractivity contribution is 5.89. The molecular weight excluding hydrogens is 380 g/mol. The van der Waals surface area contributed by atoms with E-state index in [9.17, 15) is 9.59 Å². The first-order valence-electron chi connectivity index (χ1n) is 10.1. The van der Waals surface area contributed by atoms with Crippen LogP contribution < -0.4 is 4.90 Å². The van der Waals surface area contributed by atoms with E-state index in [1.807, 2.05) is 41.3 Å². The molecule has 7 nitrogen and oxygen atoms in total. The molecule has 0 spiro atoms. The molecule has 1 aliphatic rings. The number of hydrogen-bond donors (Lipinski definition) is 0. The smallest absolute Gasteiger partial charge is 0.339 e. The summed E-state index contributed by atoms with van der Waals surface area (Å²) in [6.07, 6.45) is 3.65. The number of pyridine rings is 2. The number of amides is 1. The first kappa shape index (κ1) is 19.8. The van der Waals surface area contributed by atoms with E-state index in [1.54, 1.807) is 25.4 Å². The normalized spacial score (nSPS) is 14.0. The summed E-state index contributed by atoms with van der Waals surface area (Å²) in [4.78, 5) is 37.5. The monoisotopic (exact) mass is 404 g/mol. The molecular formula is C23H24N4O3. The maximum absolute atomic E-state index is 12.8. The molecule has 154 valence electrons. The molecule has 1 aliphatic heterocycles. The van der Waals surface area contributed by atoms with E-state index in [0.717, 1.165) is 22.3 Å². The minimum absolute atomic E-state index is 0.110. The Morgan fingerprint density at radius 2 is 1.80 bits per heavy atom. The van der Waals surface area contributed by atoms with E-state index < -0.39 is 0 Å². The molecule has 7 heteroatoms. The quantitative estimate of drug-likeness (QED) is 0.609. The first-order chi connectivity index (χ1) is 14.7. The highest BCUT2D eigenvalue weighted by Crippen LogP contribution is 2.19. The van der Waals surface area contributed by atoms with Gasteiger partial charge in [0.15, 0.2) is 0 Å². The lowest BCUT2D eigenvalue weighted by Crippen LogP contribution is -2.49. The summed E-state index contributed by atoms with van der Waals surface area (Å²) >= 11 is 0. The number of benzene rings is 1. The summed E-state index contributed by atoms with van der Waals surface area (Å²) in [6.45, 7) is 4.79. The standard InChI is InChI=1S/C23H24N4O3/c1-2-30-23(29)19-8-9-20(25-16-19)26-11-13-27(14-12-26)21(28)15-18-6-3-5-17-7-4-10-24-22(17)18/h3-10,16H,2,11-15H2,1H3. The van der Waals surface area contributed by atoms with E-state index in [1.165, 1.54) is 0 Å². The fourth-order valence-electron chi connectivity index (χ4n) is 3.68. The minimum atomic E-state index is -0.366. The van der Waals surface area contributed by atoms with E-state index in [0.29, 0.717) is 44.8 Å². The van der Waals surface area contributed by atoms with Crippen molar-refractivity contribution < 1.29 is 14.3 Å². The fraction of sp³-hybridized carbons (Fsp3) is 0.304. The number of esters is 1. The Kier molecular flexibility index (Phi) is 5.88. The molecule has 0 unspecified atom stereocenters. The minimum Gasteiger partial charge on any atom is -0.462 e. The molecule has 2 aromatic heterocycles. The lowest BCUT2D eigenvalue weighted by Gasteiger charge is -2.35. The van der Waals surface area contributed by atoms with Crippen LogP contribution in [-0.4, -0.2) is 59.5 Å². The average molecular weight is 404 g/mol. The van der Waals surface area contributed by atoms with Gasteiger partial charge in [0.25, 0.3) is 0 Å². The number of ether oxygens (including phenoxy) is 1. The Balaban J connectivity index is 1.36. The number of aromatic nitrogens is 2. The molecule has 0 saturated carbocycles. The predicted octanol–water partition coefficient (Wildman–Crippen LogP) is 2.70. The van der Waals surface area contributed by atoms with Crippen LogP contribution in [0.5, 0.6) is 0 Å². The number of rotatable bonds is 5. The number of hydrogen-bond acceptors (Lipinski definition) is 6. The Morgan fingerprint density at radius 1 is 1.00 bits per heavy atom. The van der Waals surface area contributed by atoms with Crippen LogP contribution in [0.3, 0.4) is 0 Å². The molecule has 30 heavy (non-hydrogen) atoms. The molecule has 1 aromatic carbocycles. The van der Waals surface area contributed by atoms with Crippen molar-refractivity contribution in [1.29, 1.82) is 0 Å². The lowest BCUT2D eigenvalue weighted by atomic mass is 10.1. The van der Waals surface area contributed by atoms with Gasteiger partial charge in [-0.2, -0.15) is 0 Å². The number of carbonyl (C=O) groups excluding carboxylic acids is 2. The summed E-state index contributed by atoms with van der Waals surface area (Å²) in [5.41, 5.74) is 2.28. The summed E-state index contributed by atoms with van der Waals surface area (Å²) < 4.78 is 4.99. The molecule has 3 heterocycles. The molecule has 0 bridgehead atoms. The zero-order chi connectivity index (χ0) is 20.9. The lowest BCUT2D eigenvalue weighted by molar-refractivity contribution is -0.130. The van der Waals surface area contributed by atoms with Crippen molar-refractivity contribution in [3.8, 4) is 0 Å². The van der Waals surface area contributed by atoms with E-state index >= 15 is 0 Å². The van der Waals surface area contributed by atoms with Crippen LogP contribution in [0.15, 0.2) is 54.9 Å². The van der Waals surface area contributed by atoms with Gasteiger partial charge in [-0.1, -0.05) is 24.3 Å². The maximum Gasteiger partial charge on any atom is 0.339 e. The predicted molar refractivity (Wildman–Crippen MR) is 114 cm³/mol. The van der Waals surface area contributed by atoms with Crippen LogP contribution in [0, 0.1) is 0 Å². The molecule has 0 radical (unpaired) electrons. The number of fused-ring (bicyclic) bond motifs is 1. The maximum atomic E-state index is 12.8. The Hall–Kier alpha value is -3.48. The second-order valence-corrected chi connectivity index (χ2v) is 7.16. The van der Waals surface area contributed by atoms with E-state index in [-0.39, 0.29) is 11.9 Å². The van der Waals surface area contributed by atoms with Crippen molar-refractivity contribution >= 4 is 28.6 Å². The summed E-state index contributed by atoms with van der Waals surface area (Å²) in [7, 11) is 0. The zero-order valence-corrected chi connectivity index (χ0v) is 17.0. The van der Waals surface area contributed by atoms with Gasteiger partial charge in [-0.3, -0.25) is 9.78 Å². The summed E-state index contributed by atoms with van der Waals surface area (Å²) in [5.74, 6) is 0.543. The second kappa shape index (κ2) is 8.90. The topological polar surface area (TPSA) is 75.6 Å². The van der Waals surface area contributed by atoms with Crippen molar-refractivity contribution in [1.82, 2.24) is 14.9 Å². The van der Waals surface area contributed by atoms with Gasteiger partial charge in [-0.05, 0) is 30.7 Å². The highest BCUT2D eigenvalue weighted by atomic mass is 16.5. The number of anilines is 1. The number of carbonyl (C=O) groups is 2. The van der Waals surface area contributed by atoms with Gasteiger partial charge in [-0.25, -0.2) is 9.78 Å². The van der Waals surface area contributed by atoms with Crippen molar-refractivity contribution in [2.45, 2.75) is 13.3 Å². The van der Waals surface area contributed by atoms with Crippen LogP contribution >= 0.6 is 0 Å². The molecule has 1 saturated heterocycles. The third-order valence-electron chi connectivity index (χ3n) is 5.27. The average Bonchev–Trinajstić information content (AvgIpc) is 2.80. The summed E-state index contributed by atoms with van der Waals surface area (Å²) in [5, 5.41) is 1.05. The van der Waals surface area contributed by atoms with Gasteiger partial charge in [0.1, 0.15) is 5.82 Å². The van der Waals surface area contributed by atoms with Crippen LogP contribution in [0.4, 0.5) is 5.82 Å². The van der Waals surface area contributed by atoms with Crippen molar-refractivity contribution in [3.63, 3.8) is 0 Å². The van der Waals surface area contributed by atoms with Gasteiger partial charge in [-0.15, -0.1) is 0 Å². The van der Waals surface area contributed by atoms with Gasteiger partial charge in [0, 0.05) is 44.0 Å². The van der Waals surface area contributed by atoms with Gasteiger partial charge in [0.05, 0.1) is 24.1 Å². The summed E-state index contributed by atoms with van der Waals surface area (Å²) in [6, 6.07) is 13.4. The van der Waals surface area contributed by atoms with E-state index in [4.69, 9.17) is 4.74 Å². The molecule has 1 fully saturated rings. The van der Waals surface area contributed by atoms with Crippen molar-refractivity contribution in [3.05, 3.63) is 66.0 Å². The van der Waals surface area contributed by atoms with Gasteiger partial charge in [0.2, 0.25) is 5.91 Å². The fourth-order valence-corrected chi connectivity index (χ4v) is 3.68. The van der Waals surface area contributed by atoms with Gasteiger partial charge >= 0.3 is 5.97 Å². The van der Waals surface area contributed by atoms with E-state index in [2.05, 4.69) is 14.9 Å². The second-order valence-electron chi connectivity index (χ2n) is 7.16. The molecule has 4 rings (SSSR count). The zero-order valence-electron chi connectivity index (χ0n) is 17.0. The van der Waals surface area contributed by atoms with Gasteiger partial charge < -0.3 is 14.5 Å². The Morgan fingerprint density at radius 3 is 2.53 bits per heavy atom. The highest BCUT2D eigenvalue weighted by Gasteiger charge is 2.23. The van der Waals surface area contributed by atoms with Crippen LogP contribution in [0.2, 0.25) is 0 Å². The molecule has 0 N–H and O–H groups in total. The largest absolute Gasteiger partial charge is 0.462 e. The molecule has 1 amide bonds. The van der Waals surface area contributed by atoms with Crippen molar-refractivity contribution in [2.24, 2.45) is 0 Å². The van der Waals surface area contributed by atoms with Crippen molar-refractivity contribution in [2.75, 3.05) is 37.7 Å². The number of nitrogens with zero attached hydrogens (tertiary/aromatic N) is 4. The number of para-hydroxylation sites is 1. The van der Waals surface area contributed by atoms with Crippen LogP contribution in [0.1, 0.15) is 22.8 Å². The molecule has 0 atom stereocenters.